The first-order valence-electron chi connectivity index (χ1n) is 8.16. The number of nitrogens with two attached hydrogens (primary N) is 1. The molecule has 1 saturated heterocycles. The smallest absolute Gasteiger partial charge is 0.241 e. The number of halogens is 1. The molecule has 25 heavy (non-hydrogen) atoms. The van der Waals surface area contributed by atoms with Gasteiger partial charge >= 0.3 is 0 Å². The van der Waals surface area contributed by atoms with E-state index >= 15 is 0 Å². The lowest BCUT2D eigenvalue weighted by Crippen LogP contribution is -2.23. The predicted octanol–water partition coefficient (Wildman–Crippen LogP) is 2.93. The van der Waals surface area contributed by atoms with Gasteiger partial charge in [-0.1, -0.05) is 35.5 Å². The molecule has 1 aliphatic rings. The van der Waals surface area contributed by atoms with Crippen molar-refractivity contribution in [2.45, 2.75) is 12.5 Å². The van der Waals surface area contributed by atoms with Crippen LogP contribution in [0.25, 0.3) is 11.4 Å². The largest absolute Gasteiger partial charge is 0.472 e. The van der Waals surface area contributed by atoms with E-state index in [4.69, 9.17) is 14.7 Å². The van der Waals surface area contributed by atoms with Gasteiger partial charge in [0.25, 0.3) is 0 Å². The average Bonchev–Trinajstić information content (AvgIpc) is 3.36. The van der Waals surface area contributed by atoms with Gasteiger partial charge in [-0.15, -0.1) is 12.4 Å². The lowest BCUT2D eigenvalue weighted by atomic mass is 9.89. The van der Waals surface area contributed by atoms with Crippen LogP contribution in [0, 0.1) is 5.92 Å². The molecule has 4 rings (SSSR count). The van der Waals surface area contributed by atoms with Crippen LogP contribution in [0.1, 0.15) is 17.4 Å². The molecule has 6 nitrogen and oxygen atoms in total. The van der Waals surface area contributed by atoms with Crippen molar-refractivity contribution in [3.63, 3.8) is 0 Å². The number of hydrogen-bond acceptors (Lipinski definition) is 6. The average molecular weight is 361 g/mol. The van der Waals surface area contributed by atoms with E-state index in [0.29, 0.717) is 36.6 Å². The van der Waals surface area contributed by atoms with E-state index in [9.17, 15) is 0 Å². The Kier molecular flexibility index (Phi) is 5.53. The van der Waals surface area contributed by atoms with Crippen molar-refractivity contribution in [2.75, 3.05) is 19.6 Å². The van der Waals surface area contributed by atoms with Gasteiger partial charge in [0.1, 0.15) is 6.26 Å². The minimum absolute atomic E-state index is 0. The topological polar surface area (TPSA) is 81.3 Å². The van der Waals surface area contributed by atoms with Gasteiger partial charge in [-0.05, 0) is 24.1 Å². The molecule has 2 N–H and O–H groups in total. The van der Waals surface area contributed by atoms with Crippen molar-refractivity contribution in [3.05, 3.63) is 60.4 Å². The van der Waals surface area contributed by atoms with Crippen molar-refractivity contribution in [2.24, 2.45) is 11.7 Å². The number of furan rings is 1. The second-order valence-corrected chi connectivity index (χ2v) is 6.23. The van der Waals surface area contributed by atoms with Crippen LogP contribution in [0.4, 0.5) is 0 Å². The third-order valence-electron chi connectivity index (χ3n) is 4.65. The second kappa shape index (κ2) is 7.82. The van der Waals surface area contributed by atoms with Crippen molar-refractivity contribution < 1.29 is 8.94 Å². The highest BCUT2D eigenvalue weighted by Gasteiger charge is 2.33. The monoisotopic (exact) mass is 360 g/mol. The minimum atomic E-state index is 0. The van der Waals surface area contributed by atoms with Crippen LogP contribution in [0.2, 0.25) is 0 Å². The summed E-state index contributed by atoms with van der Waals surface area (Å²) >= 11 is 0. The molecule has 1 aliphatic heterocycles. The minimum Gasteiger partial charge on any atom is -0.472 e. The molecule has 2 atom stereocenters. The Bertz CT molecular complexity index is 775. The molecule has 0 spiro atoms. The van der Waals surface area contributed by atoms with Gasteiger partial charge in [-0.2, -0.15) is 4.98 Å². The Labute approximate surface area is 152 Å². The van der Waals surface area contributed by atoms with Crippen molar-refractivity contribution >= 4 is 12.4 Å². The van der Waals surface area contributed by atoms with E-state index in [2.05, 4.69) is 39.3 Å². The van der Waals surface area contributed by atoms with Crippen molar-refractivity contribution in [1.29, 1.82) is 0 Å². The Balaban J connectivity index is 0.00000182. The van der Waals surface area contributed by atoms with Gasteiger partial charge in [-0.3, -0.25) is 4.90 Å². The van der Waals surface area contributed by atoms with E-state index < -0.39 is 0 Å². The number of likely N-dealkylation sites (tertiary alicyclic amines) is 1. The molecular formula is C18H21ClN4O2. The molecule has 0 amide bonds. The summed E-state index contributed by atoms with van der Waals surface area (Å²) < 4.78 is 10.4. The molecule has 0 radical (unpaired) electrons. The number of aromatic nitrogens is 2. The highest BCUT2D eigenvalue weighted by atomic mass is 35.5. The molecule has 0 saturated carbocycles. The number of rotatable bonds is 5. The summed E-state index contributed by atoms with van der Waals surface area (Å²) in [6.45, 7) is 3.22. The maximum Gasteiger partial charge on any atom is 0.241 e. The molecule has 132 valence electrons. The van der Waals surface area contributed by atoms with E-state index in [1.165, 1.54) is 5.56 Å². The van der Waals surface area contributed by atoms with Crippen LogP contribution < -0.4 is 5.73 Å². The molecule has 1 fully saturated rings. The lowest BCUT2D eigenvalue weighted by molar-refractivity contribution is 0.260. The van der Waals surface area contributed by atoms with Gasteiger partial charge in [0, 0.05) is 19.0 Å². The molecule has 2 aromatic heterocycles. The summed E-state index contributed by atoms with van der Waals surface area (Å²) in [6.07, 6.45) is 3.21. The molecule has 0 bridgehead atoms. The number of benzene rings is 1. The first kappa shape index (κ1) is 17.7. The Hall–Kier alpha value is -2.15. The lowest BCUT2D eigenvalue weighted by Gasteiger charge is -2.16. The predicted molar refractivity (Wildman–Crippen MR) is 96.3 cm³/mol. The zero-order valence-electron chi connectivity index (χ0n) is 13.7. The van der Waals surface area contributed by atoms with E-state index in [0.717, 1.165) is 18.7 Å². The quantitative estimate of drug-likeness (QED) is 0.753. The fraction of sp³-hybridized carbons (Fsp3) is 0.333. The fourth-order valence-electron chi connectivity index (χ4n) is 3.43. The Morgan fingerprint density at radius 2 is 2.00 bits per heavy atom. The standard InChI is InChI=1S/C18H20N4O2.ClH/c19-8-15-9-22(10-16(15)13-4-2-1-3-5-13)11-17-20-18(21-24-17)14-6-7-23-12-14;/h1-7,12,15-16H,8-11,19H2;1H/t15-,16+;/m1./s1. The first-order valence-corrected chi connectivity index (χ1v) is 8.16. The fourth-order valence-corrected chi connectivity index (χ4v) is 3.43. The highest BCUT2D eigenvalue weighted by Crippen LogP contribution is 2.32. The second-order valence-electron chi connectivity index (χ2n) is 6.23. The number of hydrogen-bond donors (Lipinski definition) is 1. The summed E-state index contributed by atoms with van der Waals surface area (Å²) in [5.74, 6) is 2.08. The van der Waals surface area contributed by atoms with Gasteiger partial charge in [0.15, 0.2) is 0 Å². The molecule has 1 aromatic carbocycles. The van der Waals surface area contributed by atoms with Crippen LogP contribution in [0.5, 0.6) is 0 Å². The SMILES string of the molecule is Cl.NC[C@@H]1CN(Cc2nc(-c3ccoc3)no2)C[C@H]1c1ccccc1. The van der Waals surface area contributed by atoms with Gasteiger partial charge in [-0.25, -0.2) is 0 Å². The van der Waals surface area contributed by atoms with E-state index in [1.54, 1.807) is 12.5 Å². The van der Waals surface area contributed by atoms with Crippen LogP contribution in [-0.2, 0) is 6.54 Å². The molecule has 3 heterocycles. The van der Waals surface area contributed by atoms with E-state index in [-0.39, 0.29) is 12.4 Å². The first-order chi connectivity index (χ1) is 11.8. The van der Waals surface area contributed by atoms with Gasteiger partial charge in [0.05, 0.1) is 18.4 Å². The Morgan fingerprint density at radius 1 is 1.16 bits per heavy atom. The molecule has 7 heteroatoms. The summed E-state index contributed by atoms with van der Waals surface area (Å²) in [6, 6.07) is 12.4. The Morgan fingerprint density at radius 3 is 2.72 bits per heavy atom. The maximum absolute atomic E-state index is 6.00. The normalized spacial score (nSPS) is 20.5. The number of nitrogens with zero attached hydrogens (tertiary/aromatic N) is 3. The molecular weight excluding hydrogens is 340 g/mol. The van der Waals surface area contributed by atoms with Crippen LogP contribution >= 0.6 is 12.4 Å². The third-order valence-corrected chi connectivity index (χ3v) is 4.65. The third kappa shape index (κ3) is 3.76. The van der Waals surface area contributed by atoms with Crippen LogP contribution in [-0.4, -0.2) is 34.7 Å². The molecule has 0 unspecified atom stereocenters. The summed E-state index contributed by atoms with van der Waals surface area (Å²) in [4.78, 5) is 6.79. The summed E-state index contributed by atoms with van der Waals surface area (Å²) in [7, 11) is 0. The highest BCUT2D eigenvalue weighted by molar-refractivity contribution is 5.85. The molecule has 0 aliphatic carbocycles. The zero-order chi connectivity index (χ0) is 16.4. The molecule has 3 aromatic rings. The van der Waals surface area contributed by atoms with Gasteiger partial charge < -0.3 is 14.7 Å². The van der Waals surface area contributed by atoms with E-state index in [1.807, 2.05) is 12.1 Å². The summed E-state index contributed by atoms with van der Waals surface area (Å²) in [5, 5.41) is 4.02. The van der Waals surface area contributed by atoms with Crippen LogP contribution in [0.3, 0.4) is 0 Å². The maximum atomic E-state index is 6.00. The van der Waals surface area contributed by atoms with Crippen molar-refractivity contribution in [3.8, 4) is 11.4 Å². The van der Waals surface area contributed by atoms with Crippen LogP contribution in [0.15, 0.2) is 57.9 Å². The summed E-state index contributed by atoms with van der Waals surface area (Å²) in [5.41, 5.74) is 8.17. The van der Waals surface area contributed by atoms with Crippen molar-refractivity contribution in [1.82, 2.24) is 15.0 Å². The van der Waals surface area contributed by atoms with Gasteiger partial charge in [0.2, 0.25) is 11.7 Å². The zero-order valence-corrected chi connectivity index (χ0v) is 14.6.